The van der Waals surface area contributed by atoms with Crippen LogP contribution >= 0.6 is 0 Å². The van der Waals surface area contributed by atoms with Crippen molar-refractivity contribution in [3.63, 3.8) is 0 Å². The highest BCUT2D eigenvalue weighted by Gasteiger charge is 2.12. The molecule has 0 spiro atoms. The number of rotatable bonds is 6. The molecule has 19 heavy (non-hydrogen) atoms. The molecule has 100 valence electrons. The van der Waals surface area contributed by atoms with E-state index in [1.165, 1.54) is 6.07 Å². The second-order valence-electron chi connectivity index (χ2n) is 4.32. The summed E-state index contributed by atoms with van der Waals surface area (Å²) in [5.41, 5.74) is 1.79. The Bertz CT molecular complexity index is 563. The van der Waals surface area contributed by atoms with Gasteiger partial charge in [0.1, 0.15) is 5.69 Å². The topological polar surface area (TPSA) is 60.1 Å². The fourth-order valence-corrected chi connectivity index (χ4v) is 2.04. The molecule has 0 fully saturated rings. The number of hydrogen-bond acceptors (Lipinski definition) is 3. The Morgan fingerprint density at radius 2 is 2.05 bits per heavy atom. The van der Waals surface area contributed by atoms with Gasteiger partial charge in [-0.05, 0) is 24.6 Å². The molecular formula is C14H17N3O2. The molecule has 5 heteroatoms. The first-order valence-electron chi connectivity index (χ1n) is 6.33. The van der Waals surface area contributed by atoms with E-state index < -0.39 is 0 Å². The van der Waals surface area contributed by atoms with Crippen LogP contribution in [0.25, 0.3) is 0 Å². The molecular weight excluding hydrogens is 242 g/mol. The zero-order chi connectivity index (χ0) is 13.7. The number of aromatic nitrogens is 1. The Labute approximate surface area is 112 Å². The summed E-state index contributed by atoms with van der Waals surface area (Å²) in [6.07, 6.45) is 3.09. The van der Waals surface area contributed by atoms with Crippen LogP contribution in [0.15, 0.2) is 42.6 Å². The predicted molar refractivity (Wildman–Crippen MR) is 75.1 cm³/mol. The second kappa shape index (κ2) is 6.04. The summed E-state index contributed by atoms with van der Waals surface area (Å²) in [6.45, 7) is 3.66. The molecule has 0 saturated heterocycles. The number of hydrogen-bond donors (Lipinski definition) is 1. The van der Waals surface area contributed by atoms with Crippen molar-refractivity contribution in [1.29, 1.82) is 0 Å². The lowest BCUT2D eigenvalue weighted by Crippen LogP contribution is -2.08. The number of aryl methyl sites for hydroxylation is 1. The van der Waals surface area contributed by atoms with Crippen molar-refractivity contribution in [3.8, 4) is 0 Å². The van der Waals surface area contributed by atoms with Crippen LogP contribution < -0.4 is 5.32 Å². The maximum atomic E-state index is 10.9. The molecule has 0 aliphatic heterocycles. The average molecular weight is 259 g/mol. The minimum Gasteiger partial charge on any atom is -0.374 e. The van der Waals surface area contributed by atoms with E-state index in [0.717, 1.165) is 18.7 Å². The molecule has 0 radical (unpaired) electrons. The number of nitro benzene ring substituents is 1. The highest BCUT2D eigenvalue weighted by Crippen LogP contribution is 2.23. The third-order valence-electron chi connectivity index (χ3n) is 2.95. The third-order valence-corrected chi connectivity index (χ3v) is 2.95. The number of para-hydroxylation sites is 2. The van der Waals surface area contributed by atoms with Crippen LogP contribution in [-0.4, -0.2) is 9.49 Å². The molecule has 1 aromatic heterocycles. The molecule has 1 N–H and O–H groups in total. The van der Waals surface area contributed by atoms with Gasteiger partial charge >= 0.3 is 0 Å². The lowest BCUT2D eigenvalue weighted by atomic mass is 10.2. The molecule has 1 aromatic carbocycles. The Morgan fingerprint density at radius 3 is 2.79 bits per heavy atom. The molecule has 5 nitrogen and oxygen atoms in total. The number of nitrogens with zero attached hydrogens (tertiary/aromatic N) is 2. The molecule has 0 saturated carbocycles. The third kappa shape index (κ3) is 3.13. The number of nitrogens with one attached hydrogen (secondary N) is 1. The van der Waals surface area contributed by atoms with Crippen molar-refractivity contribution in [2.75, 3.05) is 5.32 Å². The Hall–Kier alpha value is -2.30. The van der Waals surface area contributed by atoms with Gasteiger partial charge in [0.15, 0.2) is 0 Å². The molecule has 0 bridgehead atoms. The summed E-state index contributed by atoms with van der Waals surface area (Å²) in [4.78, 5) is 10.5. The molecule has 0 aliphatic carbocycles. The molecule has 0 amide bonds. The normalized spacial score (nSPS) is 10.4. The lowest BCUT2D eigenvalue weighted by Gasteiger charge is -2.10. The van der Waals surface area contributed by atoms with Crippen molar-refractivity contribution in [3.05, 3.63) is 58.4 Å². The fraction of sp³-hybridized carbons (Fsp3) is 0.286. The lowest BCUT2D eigenvalue weighted by molar-refractivity contribution is -0.384. The van der Waals surface area contributed by atoms with Gasteiger partial charge in [0, 0.05) is 24.5 Å². The zero-order valence-electron chi connectivity index (χ0n) is 10.9. The van der Waals surface area contributed by atoms with Gasteiger partial charge < -0.3 is 9.88 Å². The van der Waals surface area contributed by atoms with Crippen molar-refractivity contribution < 1.29 is 4.92 Å². The van der Waals surface area contributed by atoms with Crippen molar-refractivity contribution in [2.24, 2.45) is 0 Å². The quantitative estimate of drug-likeness (QED) is 0.638. The van der Waals surface area contributed by atoms with Crippen LogP contribution in [0, 0.1) is 10.1 Å². The van der Waals surface area contributed by atoms with Crippen LogP contribution in [0.3, 0.4) is 0 Å². The van der Waals surface area contributed by atoms with Gasteiger partial charge in [-0.25, -0.2) is 0 Å². The van der Waals surface area contributed by atoms with Gasteiger partial charge in [0.25, 0.3) is 5.69 Å². The highest BCUT2D eigenvalue weighted by atomic mass is 16.6. The van der Waals surface area contributed by atoms with Crippen LogP contribution in [0.2, 0.25) is 0 Å². The van der Waals surface area contributed by atoms with E-state index in [-0.39, 0.29) is 10.6 Å². The van der Waals surface area contributed by atoms with E-state index in [9.17, 15) is 10.1 Å². The largest absolute Gasteiger partial charge is 0.374 e. The Balaban J connectivity index is 2.10. The standard InChI is InChI=1S/C14H17N3O2/c1-2-9-16-10-5-6-12(16)11-15-13-7-3-4-8-14(13)17(18)19/h3-8,10,15H,2,9,11H2,1H3. The first-order chi connectivity index (χ1) is 9.22. The highest BCUT2D eigenvalue weighted by molar-refractivity contribution is 5.61. The first kappa shape index (κ1) is 13.1. The van der Waals surface area contributed by atoms with Crippen molar-refractivity contribution >= 4 is 11.4 Å². The number of anilines is 1. The predicted octanol–water partition coefficient (Wildman–Crippen LogP) is 3.42. The van der Waals surface area contributed by atoms with Gasteiger partial charge in [-0.2, -0.15) is 0 Å². The summed E-state index contributed by atoms with van der Waals surface area (Å²) in [5, 5.41) is 14.0. The molecule has 0 unspecified atom stereocenters. The Morgan fingerprint density at radius 1 is 1.26 bits per heavy atom. The summed E-state index contributed by atoms with van der Waals surface area (Å²) in [6, 6.07) is 10.7. The number of benzene rings is 1. The summed E-state index contributed by atoms with van der Waals surface area (Å²) >= 11 is 0. The van der Waals surface area contributed by atoms with E-state index in [2.05, 4.69) is 16.8 Å². The fourth-order valence-electron chi connectivity index (χ4n) is 2.04. The molecule has 1 heterocycles. The van der Waals surface area contributed by atoms with Crippen molar-refractivity contribution in [1.82, 2.24) is 4.57 Å². The Kier molecular flexibility index (Phi) is 4.18. The SMILES string of the molecule is CCCn1cccc1CNc1ccccc1[N+](=O)[O-]. The van der Waals surface area contributed by atoms with E-state index in [4.69, 9.17) is 0 Å². The van der Waals surface area contributed by atoms with E-state index in [1.807, 2.05) is 18.3 Å². The van der Waals surface area contributed by atoms with Crippen LogP contribution in [-0.2, 0) is 13.1 Å². The minimum absolute atomic E-state index is 0.107. The average Bonchev–Trinajstić information content (AvgIpc) is 2.84. The summed E-state index contributed by atoms with van der Waals surface area (Å²) in [7, 11) is 0. The summed E-state index contributed by atoms with van der Waals surface area (Å²) in [5.74, 6) is 0. The monoisotopic (exact) mass is 259 g/mol. The molecule has 2 aromatic rings. The van der Waals surface area contributed by atoms with Gasteiger partial charge in [-0.15, -0.1) is 0 Å². The second-order valence-corrected chi connectivity index (χ2v) is 4.32. The maximum absolute atomic E-state index is 10.9. The van der Waals surface area contributed by atoms with Gasteiger partial charge in [0.05, 0.1) is 11.5 Å². The van der Waals surface area contributed by atoms with E-state index in [1.54, 1.807) is 18.2 Å². The van der Waals surface area contributed by atoms with Gasteiger partial charge in [-0.3, -0.25) is 10.1 Å². The van der Waals surface area contributed by atoms with Gasteiger partial charge in [0.2, 0.25) is 0 Å². The van der Waals surface area contributed by atoms with E-state index >= 15 is 0 Å². The van der Waals surface area contributed by atoms with Gasteiger partial charge in [-0.1, -0.05) is 19.1 Å². The first-order valence-corrected chi connectivity index (χ1v) is 6.33. The zero-order valence-corrected chi connectivity index (χ0v) is 10.9. The molecule has 2 rings (SSSR count). The maximum Gasteiger partial charge on any atom is 0.292 e. The molecule has 0 atom stereocenters. The van der Waals surface area contributed by atoms with Crippen LogP contribution in [0.5, 0.6) is 0 Å². The van der Waals surface area contributed by atoms with Crippen LogP contribution in [0.1, 0.15) is 19.0 Å². The smallest absolute Gasteiger partial charge is 0.292 e. The van der Waals surface area contributed by atoms with Crippen molar-refractivity contribution in [2.45, 2.75) is 26.4 Å². The van der Waals surface area contributed by atoms with Crippen LogP contribution in [0.4, 0.5) is 11.4 Å². The minimum atomic E-state index is -0.368. The van der Waals surface area contributed by atoms with E-state index in [0.29, 0.717) is 12.2 Å². The molecule has 0 aliphatic rings. The number of nitro groups is 1. The summed E-state index contributed by atoms with van der Waals surface area (Å²) < 4.78 is 2.15.